The third kappa shape index (κ3) is 3.93. The lowest BCUT2D eigenvalue weighted by Crippen LogP contribution is -2.24. The molecule has 0 unspecified atom stereocenters. The monoisotopic (exact) mass is 284 g/mol. The Labute approximate surface area is 116 Å². The summed E-state index contributed by atoms with van der Waals surface area (Å²) >= 11 is 11.7. The second-order valence-electron chi connectivity index (χ2n) is 4.42. The summed E-state index contributed by atoms with van der Waals surface area (Å²) in [6, 6.07) is 4.60. The van der Waals surface area contributed by atoms with Crippen molar-refractivity contribution in [3.63, 3.8) is 0 Å². The van der Waals surface area contributed by atoms with Gasteiger partial charge >= 0.3 is 6.03 Å². The van der Waals surface area contributed by atoms with Crippen LogP contribution in [0.1, 0.15) is 19.8 Å². The number of hydrogen-bond acceptors (Lipinski definition) is 1. The van der Waals surface area contributed by atoms with E-state index in [4.69, 9.17) is 23.2 Å². The summed E-state index contributed by atoms with van der Waals surface area (Å²) in [6.07, 6.45) is 4.18. The molecule has 0 bridgehead atoms. The first-order chi connectivity index (χ1) is 8.54. The van der Waals surface area contributed by atoms with Gasteiger partial charge in [-0.05, 0) is 43.9 Å². The molecule has 0 aliphatic heterocycles. The Kier molecular flexibility index (Phi) is 4.15. The second kappa shape index (κ2) is 5.63. The maximum atomic E-state index is 11.6. The molecule has 0 aromatic heterocycles. The van der Waals surface area contributed by atoms with Gasteiger partial charge in [0, 0.05) is 21.9 Å². The van der Waals surface area contributed by atoms with Crippen molar-refractivity contribution in [1.29, 1.82) is 0 Å². The van der Waals surface area contributed by atoms with Crippen LogP contribution in [0, 0.1) is 5.92 Å². The maximum absolute atomic E-state index is 11.6. The third-order valence-electron chi connectivity index (χ3n) is 2.77. The molecule has 2 amide bonds. The van der Waals surface area contributed by atoms with Crippen LogP contribution in [0.3, 0.4) is 0 Å². The Morgan fingerprint density at radius 2 is 1.89 bits per heavy atom. The molecule has 3 nitrogen and oxygen atoms in total. The average molecular weight is 285 g/mol. The molecule has 96 valence electrons. The smallest absolute Gasteiger partial charge is 0.314 e. The molecular weight excluding hydrogens is 271 g/mol. The zero-order valence-corrected chi connectivity index (χ0v) is 11.5. The molecule has 1 saturated carbocycles. The SMILES string of the molecule is C/C(=C\NC(=O)Nc1cc(Cl)cc(Cl)c1)C1CC1. The number of nitrogens with one attached hydrogen (secondary N) is 2. The summed E-state index contributed by atoms with van der Waals surface area (Å²) in [6.45, 7) is 2.02. The molecule has 1 aromatic rings. The summed E-state index contributed by atoms with van der Waals surface area (Å²) in [5.41, 5.74) is 1.77. The number of anilines is 1. The van der Waals surface area contributed by atoms with Crippen LogP contribution < -0.4 is 10.6 Å². The van der Waals surface area contributed by atoms with Crippen LogP contribution >= 0.6 is 23.2 Å². The summed E-state index contributed by atoms with van der Waals surface area (Å²) in [7, 11) is 0. The lowest BCUT2D eigenvalue weighted by molar-refractivity contribution is 0.255. The molecule has 2 N–H and O–H groups in total. The first kappa shape index (κ1) is 13.2. The molecule has 0 heterocycles. The van der Waals surface area contributed by atoms with Crippen LogP contribution in [-0.2, 0) is 0 Å². The van der Waals surface area contributed by atoms with Crippen LogP contribution in [0.25, 0.3) is 0 Å². The second-order valence-corrected chi connectivity index (χ2v) is 5.29. The standard InChI is InChI=1S/C13H14Cl2N2O/c1-8(9-2-3-9)7-16-13(18)17-12-5-10(14)4-11(15)6-12/h4-7,9H,2-3H2,1H3,(H2,16,17,18)/b8-7+. The number of amides is 2. The average Bonchev–Trinajstić information content (AvgIpc) is 3.08. The van der Waals surface area contributed by atoms with Gasteiger partial charge in [0.2, 0.25) is 0 Å². The Hall–Kier alpha value is -1.19. The number of rotatable bonds is 3. The lowest BCUT2D eigenvalue weighted by atomic mass is 10.2. The van der Waals surface area contributed by atoms with E-state index in [1.807, 2.05) is 6.92 Å². The Morgan fingerprint density at radius 3 is 2.44 bits per heavy atom. The van der Waals surface area contributed by atoms with Crippen molar-refractivity contribution >= 4 is 34.9 Å². The highest BCUT2D eigenvalue weighted by Gasteiger charge is 2.22. The van der Waals surface area contributed by atoms with E-state index < -0.39 is 0 Å². The number of urea groups is 1. The maximum Gasteiger partial charge on any atom is 0.323 e. The Balaban J connectivity index is 1.92. The molecule has 1 aliphatic rings. The highest BCUT2D eigenvalue weighted by molar-refractivity contribution is 6.35. The fourth-order valence-electron chi connectivity index (χ4n) is 1.63. The van der Waals surface area contributed by atoms with E-state index in [9.17, 15) is 4.79 Å². The fourth-order valence-corrected chi connectivity index (χ4v) is 2.16. The van der Waals surface area contributed by atoms with Crippen molar-refractivity contribution in [2.45, 2.75) is 19.8 Å². The number of carbonyl (C=O) groups is 1. The van der Waals surface area contributed by atoms with E-state index in [1.54, 1.807) is 24.4 Å². The van der Waals surface area contributed by atoms with Gasteiger partial charge in [0.05, 0.1) is 0 Å². The minimum atomic E-state index is -0.298. The molecule has 0 atom stereocenters. The van der Waals surface area contributed by atoms with Crippen LogP contribution in [0.15, 0.2) is 30.0 Å². The van der Waals surface area contributed by atoms with Crippen LogP contribution in [0.2, 0.25) is 10.0 Å². The normalized spacial score (nSPS) is 15.4. The summed E-state index contributed by atoms with van der Waals surface area (Å²) in [5, 5.41) is 6.34. The molecule has 0 saturated heterocycles. The van der Waals surface area contributed by atoms with Gasteiger partial charge < -0.3 is 10.6 Å². The number of benzene rings is 1. The van der Waals surface area contributed by atoms with Gasteiger partial charge in [0.25, 0.3) is 0 Å². The minimum absolute atomic E-state index is 0.298. The van der Waals surface area contributed by atoms with Gasteiger partial charge in [-0.15, -0.1) is 0 Å². The van der Waals surface area contributed by atoms with E-state index in [-0.39, 0.29) is 6.03 Å². The molecule has 1 fully saturated rings. The molecule has 5 heteroatoms. The zero-order valence-electron chi connectivity index (χ0n) is 9.97. The van der Waals surface area contributed by atoms with Crippen LogP contribution in [0.5, 0.6) is 0 Å². The number of hydrogen-bond donors (Lipinski definition) is 2. The molecule has 0 radical (unpaired) electrons. The fraction of sp³-hybridized carbons (Fsp3) is 0.308. The topological polar surface area (TPSA) is 41.1 Å². The number of allylic oxidation sites excluding steroid dienone is 1. The summed E-state index contributed by atoms with van der Waals surface area (Å²) < 4.78 is 0. The molecular formula is C13H14Cl2N2O. The molecule has 0 spiro atoms. The first-order valence-corrected chi connectivity index (χ1v) is 6.50. The molecule has 1 aromatic carbocycles. The summed E-state index contributed by atoms with van der Waals surface area (Å²) in [5.74, 6) is 0.644. The lowest BCUT2D eigenvalue weighted by Gasteiger charge is -2.06. The van der Waals surface area contributed by atoms with Gasteiger partial charge in [0.15, 0.2) is 0 Å². The van der Waals surface area contributed by atoms with E-state index in [0.717, 1.165) is 0 Å². The van der Waals surface area contributed by atoms with Gasteiger partial charge in [-0.3, -0.25) is 0 Å². The van der Waals surface area contributed by atoms with E-state index in [2.05, 4.69) is 10.6 Å². The van der Waals surface area contributed by atoms with Crippen molar-refractivity contribution in [2.24, 2.45) is 5.92 Å². The van der Waals surface area contributed by atoms with Gasteiger partial charge in [0.1, 0.15) is 0 Å². The van der Waals surface area contributed by atoms with Gasteiger partial charge in [-0.2, -0.15) is 0 Å². The van der Waals surface area contributed by atoms with E-state index in [0.29, 0.717) is 21.7 Å². The summed E-state index contributed by atoms with van der Waals surface area (Å²) in [4.78, 5) is 11.6. The van der Waals surface area contributed by atoms with Crippen molar-refractivity contribution < 1.29 is 4.79 Å². The van der Waals surface area contributed by atoms with E-state index in [1.165, 1.54) is 18.4 Å². The third-order valence-corrected chi connectivity index (χ3v) is 3.21. The Bertz CT molecular complexity index is 476. The Morgan fingerprint density at radius 1 is 1.28 bits per heavy atom. The van der Waals surface area contributed by atoms with E-state index >= 15 is 0 Å². The zero-order chi connectivity index (χ0) is 13.1. The predicted molar refractivity (Wildman–Crippen MR) is 75.1 cm³/mol. The quantitative estimate of drug-likeness (QED) is 0.847. The molecule has 2 rings (SSSR count). The van der Waals surface area contributed by atoms with Crippen molar-refractivity contribution in [3.05, 3.63) is 40.0 Å². The molecule has 1 aliphatic carbocycles. The van der Waals surface area contributed by atoms with Crippen molar-refractivity contribution in [2.75, 3.05) is 5.32 Å². The van der Waals surface area contributed by atoms with Crippen molar-refractivity contribution in [3.8, 4) is 0 Å². The van der Waals surface area contributed by atoms with Crippen LogP contribution in [-0.4, -0.2) is 6.03 Å². The van der Waals surface area contributed by atoms with Crippen molar-refractivity contribution in [1.82, 2.24) is 5.32 Å². The first-order valence-electron chi connectivity index (χ1n) is 5.75. The highest BCUT2D eigenvalue weighted by atomic mass is 35.5. The predicted octanol–water partition coefficient (Wildman–Crippen LogP) is 4.43. The molecule has 18 heavy (non-hydrogen) atoms. The largest absolute Gasteiger partial charge is 0.323 e. The number of carbonyl (C=O) groups excluding carboxylic acids is 1. The highest BCUT2D eigenvalue weighted by Crippen LogP contribution is 2.35. The van der Waals surface area contributed by atoms with Gasteiger partial charge in [-0.1, -0.05) is 28.8 Å². The number of halogens is 2. The van der Waals surface area contributed by atoms with Gasteiger partial charge in [-0.25, -0.2) is 4.79 Å². The van der Waals surface area contributed by atoms with Crippen LogP contribution in [0.4, 0.5) is 10.5 Å². The minimum Gasteiger partial charge on any atom is -0.314 e.